The zero-order chi connectivity index (χ0) is 49.1. The van der Waals surface area contributed by atoms with Gasteiger partial charge in [0.25, 0.3) is 0 Å². The molecule has 2 aliphatic rings. The fourth-order valence-corrected chi connectivity index (χ4v) is 11.3. The summed E-state index contributed by atoms with van der Waals surface area (Å²) in [5.41, 5.74) is 5.68. The number of anilines is 1. The number of ketones is 1. The van der Waals surface area contributed by atoms with Crippen LogP contribution in [0.25, 0.3) is 10.7 Å². The summed E-state index contributed by atoms with van der Waals surface area (Å²) in [6, 6.07) is 40.8. The lowest BCUT2D eigenvalue weighted by Gasteiger charge is -2.44. The third kappa shape index (κ3) is 13.0. The van der Waals surface area contributed by atoms with E-state index >= 15 is 0 Å². The highest BCUT2D eigenvalue weighted by Gasteiger charge is 2.44. The first-order valence-corrected chi connectivity index (χ1v) is 26.3. The molecule has 372 valence electrons. The molecular formula is C56H64N6O7S2. The molecule has 0 aliphatic carbocycles. The summed E-state index contributed by atoms with van der Waals surface area (Å²) in [5.74, 6) is 0.568. The van der Waals surface area contributed by atoms with Crippen molar-refractivity contribution in [3.63, 3.8) is 0 Å². The Labute approximate surface area is 424 Å². The SMILES string of the molecule is Cc1nc(-c2cn(C[C@H]3O[C@H](COCc4ccccc4)[C@@H](OCc4ccccc4)[C@H](C)[C@@H]3C)nn2)sc1C(=O)c1cnc(NC[C@H]2O[C@H](COCc3ccccc3)[C@@H](OCc3ccccc3)[C@H](C)[C@@H]2C)s1. The third-order valence-corrected chi connectivity index (χ3v) is 16.1. The van der Waals surface area contributed by atoms with Crippen molar-refractivity contribution >= 4 is 33.6 Å². The quantitative estimate of drug-likeness (QED) is 0.0646. The Bertz CT molecular complexity index is 2720. The fourth-order valence-electron chi connectivity index (χ4n) is 9.45. The predicted octanol–water partition coefficient (Wildman–Crippen LogP) is 10.5. The van der Waals surface area contributed by atoms with Gasteiger partial charge >= 0.3 is 0 Å². The van der Waals surface area contributed by atoms with Crippen LogP contribution in [0.5, 0.6) is 0 Å². The number of nitrogens with zero attached hydrogens (tertiary/aromatic N) is 5. The van der Waals surface area contributed by atoms with Gasteiger partial charge in [0, 0.05) is 6.54 Å². The van der Waals surface area contributed by atoms with Crippen LogP contribution in [0.3, 0.4) is 0 Å². The van der Waals surface area contributed by atoms with Gasteiger partial charge in [-0.2, -0.15) is 0 Å². The van der Waals surface area contributed by atoms with E-state index in [9.17, 15) is 4.79 Å². The summed E-state index contributed by atoms with van der Waals surface area (Å²) < 4.78 is 41.1. The topological polar surface area (TPSA) is 141 Å². The Morgan fingerprint density at radius 3 is 1.66 bits per heavy atom. The van der Waals surface area contributed by atoms with Crippen LogP contribution >= 0.6 is 22.7 Å². The van der Waals surface area contributed by atoms with Gasteiger partial charge in [0.15, 0.2) is 5.13 Å². The Morgan fingerprint density at radius 1 is 0.634 bits per heavy atom. The number of aromatic nitrogens is 5. The maximum absolute atomic E-state index is 14.0. The molecule has 7 aromatic rings. The van der Waals surface area contributed by atoms with Gasteiger partial charge < -0.3 is 33.7 Å². The summed E-state index contributed by atoms with van der Waals surface area (Å²) >= 11 is 2.64. The molecule has 0 spiro atoms. The van der Waals surface area contributed by atoms with Crippen LogP contribution in [0.1, 0.15) is 70.2 Å². The van der Waals surface area contributed by atoms with E-state index in [1.807, 2.05) is 90.6 Å². The minimum Gasteiger partial charge on any atom is -0.374 e. The normalized spacial score (nSPS) is 24.5. The molecule has 71 heavy (non-hydrogen) atoms. The van der Waals surface area contributed by atoms with Crippen molar-refractivity contribution in [1.82, 2.24) is 25.0 Å². The standard InChI is InChI=1S/C56H64N6O7S2/c1-36-38(3)52(66-32-43-22-14-8-15-23-43)48(34-64-30-41-18-10-6-11-19-41)68-46(36)26-57-56-58-27-50(70-56)51(63)54-40(5)59-55(71-54)45-28-62(61-60-45)29-47-37(2)39(4)53(67-33-44-24-16-9-17-25-44)49(69-47)35-65-31-42-20-12-7-13-21-42/h6-25,27-28,36-39,46-49,52-53H,26,29-35H2,1-5H3,(H,57,58)/t36-,37-,38+,39+,46+,47+,48+,49+,52-,53-/m0/s1. The molecule has 0 bridgehead atoms. The predicted molar refractivity (Wildman–Crippen MR) is 276 cm³/mol. The van der Waals surface area contributed by atoms with Crippen LogP contribution < -0.4 is 5.32 Å². The first kappa shape index (κ1) is 50.5. The van der Waals surface area contributed by atoms with E-state index in [2.05, 4.69) is 96.8 Å². The highest BCUT2D eigenvalue weighted by atomic mass is 32.1. The van der Waals surface area contributed by atoms with Gasteiger partial charge in [-0.05, 0) is 52.8 Å². The number of rotatable bonds is 22. The lowest BCUT2D eigenvalue weighted by molar-refractivity contribution is -0.209. The maximum atomic E-state index is 14.0. The van der Waals surface area contributed by atoms with Gasteiger partial charge in [0.1, 0.15) is 22.9 Å². The molecule has 10 atom stereocenters. The summed E-state index contributed by atoms with van der Waals surface area (Å²) in [6.07, 6.45) is 2.34. The maximum Gasteiger partial charge on any atom is 0.216 e. The summed E-state index contributed by atoms with van der Waals surface area (Å²) in [6.45, 7) is 14.5. The molecule has 0 radical (unpaired) electrons. The Balaban J connectivity index is 0.812. The third-order valence-electron chi connectivity index (χ3n) is 14.0. The molecule has 2 fully saturated rings. The number of ether oxygens (including phenoxy) is 6. The van der Waals surface area contributed by atoms with Gasteiger partial charge in [-0.15, -0.1) is 16.4 Å². The minimum atomic E-state index is -0.284. The number of hydrogen-bond donors (Lipinski definition) is 1. The van der Waals surface area contributed by atoms with Crippen molar-refractivity contribution < 1.29 is 33.2 Å². The first-order chi connectivity index (χ1) is 34.7. The monoisotopic (exact) mass is 996 g/mol. The van der Waals surface area contributed by atoms with Gasteiger partial charge in [-0.25, -0.2) is 14.6 Å². The molecule has 0 unspecified atom stereocenters. The summed E-state index contributed by atoms with van der Waals surface area (Å²) in [7, 11) is 0. The Morgan fingerprint density at radius 2 is 1.13 bits per heavy atom. The van der Waals surface area contributed by atoms with E-state index < -0.39 is 0 Å². The first-order valence-electron chi connectivity index (χ1n) is 24.6. The van der Waals surface area contributed by atoms with Crippen LogP contribution in [0, 0.1) is 30.6 Å². The molecule has 0 saturated carbocycles. The smallest absolute Gasteiger partial charge is 0.216 e. The zero-order valence-corrected chi connectivity index (χ0v) is 42.7. The average Bonchev–Trinajstić information content (AvgIpc) is 4.17. The van der Waals surface area contributed by atoms with Crippen molar-refractivity contribution in [2.24, 2.45) is 23.7 Å². The highest BCUT2D eigenvalue weighted by Crippen LogP contribution is 2.37. The van der Waals surface area contributed by atoms with Gasteiger partial charge in [-0.1, -0.05) is 166 Å². The largest absolute Gasteiger partial charge is 0.374 e. The van der Waals surface area contributed by atoms with Crippen molar-refractivity contribution in [3.05, 3.63) is 171 Å². The summed E-state index contributed by atoms with van der Waals surface area (Å²) in [5, 5.41) is 13.8. The molecule has 2 saturated heterocycles. The van der Waals surface area contributed by atoms with Crippen molar-refractivity contribution in [3.8, 4) is 10.7 Å². The fraction of sp³-hybridized carbons (Fsp3) is 0.411. The van der Waals surface area contributed by atoms with E-state index in [-0.39, 0.29) is 66.1 Å². The van der Waals surface area contributed by atoms with Crippen LogP contribution in [0.2, 0.25) is 0 Å². The number of carbonyl (C=O) groups excluding carboxylic acids is 1. The Kier molecular flexibility index (Phi) is 17.3. The number of hydrogen-bond acceptors (Lipinski definition) is 14. The second kappa shape index (κ2) is 24.3. The van der Waals surface area contributed by atoms with Gasteiger partial charge in [0.05, 0.1) is 98.4 Å². The molecule has 1 N–H and O–H groups in total. The second-order valence-electron chi connectivity index (χ2n) is 18.9. The number of nitrogens with one attached hydrogen (secondary N) is 1. The van der Waals surface area contributed by atoms with E-state index in [1.165, 1.54) is 22.7 Å². The van der Waals surface area contributed by atoms with Crippen molar-refractivity contribution in [1.29, 1.82) is 0 Å². The van der Waals surface area contributed by atoms with Crippen LogP contribution in [-0.4, -0.2) is 87.1 Å². The van der Waals surface area contributed by atoms with E-state index in [1.54, 1.807) is 6.20 Å². The summed E-state index contributed by atoms with van der Waals surface area (Å²) in [4.78, 5) is 24.5. The molecule has 13 nitrogen and oxygen atoms in total. The average molecular weight is 997 g/mol. The number of aryl methyl sites for hydroxylation is 1. The minimum absolute atomic E-state index is 0.128. The lowest BCUT2D eigenvalue weighted by Crippen LogP contribution is -2.53. The molecule has 9 rings (SSSR count). The van der Waals surface area contributed by atoms with Gasteiger partial charge in [0.2, 0.25) is 5.78 Å². The number of benzene rings is 4. The molecule has 15 heteroatoms. The van der Waals surface area contributed by atoms with E-state index in [0.29, 0.717) is 84.0 Å². The molecule has 3 aromatic heterocycles. The zero-order valence-electron chi connectivity index (χ0n) is 41.0. The van der Waals surface area contributed by atoms with E-state index in [0.717, 1.165) is 22.3 Å². The molecule has 5 heterocycles. The highest BCUT2D eigenvalue weighted by molar-refractivity contribution is 7.20. The van der Waals surface area contributed by atoms with Crippen LogP contribution in [-0.2, 0) is 61.4 Å². The number of thiazole rings is 2. The van der Waals surface area contributed by atoms with Crippen molar-refractivity contribution in [2.75, 3.05) is 25.1 Å². The molecule has 4 aromatic carbocycles. The van der Waals surface area contributed by atoms with Crippen molar-refractivity contribution in [2.45, 2.75) is 104 Å². The molecular weight excluding hydrogens is 933 g/mol. The molecule has 2 aliphatic heterocycles. The number of carbonyl (C=O) groups is 1. The van der Waals surface area contributed by atoms with Crippen LogP contribution in [0.15, 0.2) is 134 Å². The second-order valence-corrected chi connectivity index (χ2v) is 20.9. The molecule has 0 amide bonds. The lowest BCUT2D eigenvalue weighted by atomic mass is 9.81. The van der Waals surface area contributed by atoms with E-state index in [4.69, 9.17) is 33.4 Å². The van der Waals surface area contributed by atoms with Crippen LogP contribution in [0.4, 0.5) is 5.13 Å². The Hall–Kier alpha value is -5.49. The van der Waals surface area contributed by atoms with Gasteiger partial charge in [-0.3, -0.25) is 4.79 Å².